The number of carbonyl (C=O) groups is 2. The Bertz CT molecular complexity index is 2020. The Balaban J connectivity index is 0.000000188. The number of rotatable bonds is 8. The lowest BCUT2D eigenvalue weighted by Gasteiger charge is -2.28. The maximum Gasteiger partial charge on any atom is 0.345 e. The van der Waals surface area contributed by atoms with Crippen LogP contribution in [-0.4, -0.2) is 59.9 Å². The van der Waals surface area contributed by atoms with E-state index in [1.165, 1.54) is 31.0 Å². The van der Waals surface area contributed by atoms with Gasteiger partial charge in [-0.3, -0.25) is 9.59 Å². The molecule has 48 heavy (non-hydrogen) atoms. The number of hydrogen-bond donors (Lipinski definition) is 5. The average Bonchev–Trinajstić information content (AvgIpc) is 3.64. The van der Waals surface area contributed by atoms with E-state index in [0.717, 1.165) is 29.9 Å². The smallest absolute Gasteiger partial charge is 0.345 e. The summed E-state index contributed by atoms with van der Waals surface area (Å²) in [6.45, 7) is 5.90. The van der Waals surface area contributed by atoms with Gasteiger partial charge in [0, 0.05) is 42.4 Å². The third-order valence-electron chi connectivity index (χ3n) is 8.43. The minimum absolute atomic E-state index is 0.208. The molecule has 0 spiro atoms. The minimum atomic E-state index is -1.45. The number of carboxylic acids is 2. The molecule has 5 aromatic rings. The first-order valence-electron chi connectivity index (χ1n) is 15.8. The molecule has 1 aliphatic rings. The standard InChI is InChI=1S/C19H22N2O3.C17H15N3O4/c1-2-13-12-16(19(23)24)18(22)20-17(13)14-6-8-15(9-7-14)21-10-4-3-5-11-21;1-2-12-14(19-16(22)13(15(12)21)17(23)24)10-3-5-11(6-4-10)20-8-7-18-9-20/h6-9,12H,2-5,10-11H2,1H3,(H,20,22)(H,23,24);3-9H,2H2,1H3,(H,23,24)(H2,19,21,22). The number of H-pyrrole nitrogens is 2. The number of aryl methyl sites for hydroxylation is 1. The van der Waals surface area contributed by atoms with E-state index in [4.69, 9.17) is 10.2 Å². The fourth-order valence-corrected chi connectivity index (χ4v) is 5.89. The van der Waals surface area contributed by atoms with Crippen LogP contribution in [0.4, 0.5) is 5.69 Å². The van der Waals surface area contributed by atoms with Crippen molar-refractivity contribution in [2.45, 2.75) is 46.0 Å². The molecule has 5 N–H and O–H groups in total. The Morgan fingerprint density at radius 2 is 1.40 bits per heavy atom. The number of nitrogens with zero attached hydrogens (tertiary/aromatic N) is 3. The van der Waals surface area contributed by atoms with Crippen molar-refractivity contribution >= 4 is 17.6 Å². The molecule has 1 saturated heterocycles. The third-order valence-corrected chi connectivity index (χ3v) is 8.43. The predicted molar refractivity (Wildman–Crippen MR) is 183 cm³/mol. The monoisotopic (exact) mass is 651 g/mol. The lowest BCUT2D eigenvalue weighted by molar-refractivity contribution is 0.0682. The fraction of sp³-hybridized carbons (Fsp3) is 0.250. The van der Waals surface area contributed by atoms with Crippen molar-refractivity contribution in [3.05, 3.63) is 116 Å². The van der Waals surface area contributed by atoms with Gasteiger partial charge < -0.3 is 34.8 Å². The van der Waals surface area contributed by atoms with E-state index in [1.807, 2.05) is 42.0 Å². The summed E-state index contributed by atoms with van der Waals surface area (Å²) in [6.07, 6.45) is 9.93. The van der Waals surface area contributed by atoms with E-state index in [-0.39, 0.29) is 5.56 Å². The molecule has 0 unspecified atom stereocenters. The van der Waals surface area contributed by atoms with E-state index < -0.39 is 34.4 Å². The molecular formula is C36H37N5O7. The molecular weight excluding hydrogens is 614 g/mol. The Labute approximate surface area is 276 Å². The largest absolute Gasteiger partial charge is 0.506 e. The lowest BCUT2D eigenvalue weighted by Crippen LogP contribution is -2.29. The number of aromatic hydroxyl groups is 1. The number of piperidine rings is 1. The molecule has 4 heterocycles. The molecule has 0 radical (unpaired) electrons. The summed E-state index contributed by atoms with van der Waals surface area (Å²) in [4.78, 5) is 57.9. The summed E-state index contributed by atoms with van der Waals surface area (Å²) in [5.41, 5.74) is 3.79. The van der Waals surface area contributed by atoms with Crippen LogP contribution in [0.25, 0.3) is 28.2 Å². The van der Waals surface area contributed by atoms with E-state index in [2.05, 4.69) is 32.0 Å². The molecule has 0 atom stereocenters. The molecule has 1 fully saturated rings. The van der Waals surface area contributed by atoms with Gasteiger partial charge in [-0.15, -0.1) is 0 Å². The van der Waals surface area contributed by atoms with Crippen LogP contribution in [-0.2, 0) is 12.8 Å². The van der Waals surface area contributed by atoms with Crippen molar-refractivity contribution in [2.24, 2.45) is 0 Å². The van der Waals surface area contributed by atoms with Crippen LogP contribution < -0.4 is 16.0 Å². The SMILES string of the molecule is CCc1c(-c2ccc(-n3ccnc3)cc2)[nH]c(=O)c(C(=O)O)c1O.CCc1cc(C(=O)O)c(=O)[nH]c1-c1ccc(N2CCCCC2)cc1. The van der Waals surface area contributed by atoms with Gasteiger partial charge >= 0.3 is 11.9 Å². The van der Waals surface area contributed by atoms with Gasteiger partial charge in [0.1, 0.15) is 11.3 Å². The van der Waals surface area contributed by atoms with E-state index in [9.17, 15) is 24.3 Å². The minimum Gasteiger partial charge on any atom is -0.506 e. The highest BCUT2D eigenvalue weighted by Gasteiger charge is 2.22. The van der Waals surface area contributed by atoms with E-state index in [1.54, 1.807) is 31.6 Å². The normalized spacial score (nSPS) is 12.7. The maximum atomic E-state index is 12.0. The second-order valence-electron chi connectivity index (χ2n) is 11.4. The fourth-order valence-electron chi connectivity index (χ4n) is 5.89. The number of aromatic carboxylic acids is 2. The second kappa shape index (κ2) is 14.7. The Morgan fingerprint density at radius 3 is 1.94 bits per heavy atom. The number of pyridine rings is 2. The molecule has 3 aromatic heterocycles. The highest BCUT2D eigenvalue weighted by Crippen LogP contribution is 2.30. The summed E-state index contributed by atoms with van der Waals surface area (Å²) in [5, 5.41) is 28.4. The molecule has 6 rings (SSSR count). The van der Waals surface area contributed by atoms with Crippen molar-refractivity contribution in [1.82, 2.24) is 19.5 Å². The molecule has 0 aliphatic carbocycles. The van der Waals surface area contributed by atoms with Crippen molar-refractivity contribution < 1.29 is 24.9 Å². The van der Waals surface area contributed by atoms with Gasteiger partial charge in [-0.25, -0.2) is 14.6 Å². The Morgan fingerprint density at radius 1 is 0.792 bits per heavy atom. The summed E-state index contributed by atoms with van der Waals surface area (Å²) < 4.78 is 1.83. The van der Waals surface area contributed by atoms with E-state index >= 15 is 0 Å². The lowest BCUT2D eigenvalue weighted by atomic mass is 10.0. The van der Waals surface area contributed by atoms with Crippen LogP contribution in [0, 0.1) is 0 Å². The molecule has 0 bridgehead atoms. The van der Waals surface area contributed by atoms with Crippen molar-refractivity contribution in [1.29, 1.82) is 0 Å². The van der Waals surface area contributed by atoms with Gasteiger partial charge in [-0.2, -0.15) is 0 Å². The van der Waals surface area contributed by atoms with Crippen LogP contribution >= 0.6 is 0 Å². The zero-order chi connectivity index (χ0) is 34.4. The van der Waals surface area contributed by atoms with Gasteiger partial charge in [0.05, 0.1) is 17.7 Å². The first-order chi connectivity index (χ1) is 23.1. The molecule has 12 nitrogen and oxygen atoms in total. The number of hydrogen-bond acceptors (Lipinski definition) is 7. The third kappa shape index (κ3) is 7.07. The van der Waals surface area contributed by atoms with Crippen molar-refractivity contribution in [3.63, 3.8) is 0 Å². The van der Waals surface area contributed by atoms with Crippen LogP contribution in [0.3, 0.4) is 0 Å². The van der Waals surface area contributed by atoms with Crippen LogP contribution in [0.2, 0.25) is 0 Å². The van der Waals surface area contributed by atoms with Gasteiger partial charge in [0.2, 0.25) is 0 Å². The zero-order valence-corrected chi connectivity index (χ0v) is 26.7. The Hall–Kier alpha value is -5.91. The summed E-state index contributed by atoms with van der Waals surface area (Å²) in [5.74, 6) is -3.13. The highest BCUT2D eigenvalue weighted by molar-refractivity contribution is 5.92. The summed E-state index contributed by atoms with van der Waals surface area (Å²) in [6, 6.07) is 16.9. The maximum absolute atomic E-state index is 12.0. The summed E-state index contributed by atoms with van der Waals surface area (Å²) >= 11 is 0. The Kier molecular flexibility index (Phi) is 10.2. The first-order valence-corrected chi connectivity index (χ1v) is 15.8. The number of anilines is 1. The topological polar surface area (TPSA) is 182 Å². The summed E-state index contributed by atoms with van der Waals surface area (Å²) in [7, 11) is 0. The van der Waals surface area contributed by atoms with Gasteiger partial charge in [-0.05, 0) is 79.1 Å². The van der Waals surface area contributed by atoms with Gasteiger partial charge in [0.25, 0.3) is 11.1 Å². The molecule has 2 aromatic carbocycles. The number of benzene rings is 2. The van der Waals surface area contributed by atoms with Gasteiger partial charge in [-0.1, -0.05) is 38.1 Å². The second-order valence-corrected chi connectivity index (χ2v) is 11.4. The highest BCUT2D eigenvalue weighted by atomic mass is 16.4. The number of nitrogens with one attached hydrogen (secondary N) is 2. The molecule has 0 saturated carbocycles. The quantitative estimate of drug-likeness (QED) is 0.145. The number of aromatic nitrogens is 4. The molecule has 12 heteroatoms. The van der Waals surface area contributed by atoms with Crippen molar-refractivity contribution in [2.75, 3.05) is 18.0 Å². The number of carboxylic acid groups (broad SMARTS) is 2. The number of aromatic amines is 2. The average molecular weight is 652 g/mol. The van der Waals surface area contributed by atoms with Crippen molar-refractivity contribution in [3.8, 4) is 34.0 Å². The van der Waals surface area contributed by atoms with Crippen LogP contribution in [0.5, 0.6) is 5.75 Å². The zero-order valence-electron chi connectivity index (χ0n) is 26.7. The van der Waals surface area contributed by atoms with Crippen LogP contribution in [0.15, 0.2) is 82.9 Å². The van der Waals surface area contributed by atoms with Gasteiger partial charge in [0.15, 0.2) is 5.56 Å². The predicted octanol–water partition coefficient (Wildman–Crippen LogP) is 5.49. The number of imidazole rings is 1. The first kappa shape index (κ1) is 33.5. The molecule has 248 valence electrons. The van der Waals surface area contributed by atoms with Crippen LogP contribution in [0.1, 0.15) is 65.0 Å². The molecule has 0 amide bonds. The van der Waals surface area contributed by atoms with E-state index in [0.29, 0.717) is 35.4 Å². The molecule has 1 aliphatic heterocycles.